The van der Waals surface area contributed by atoms with Gasteiger partial charge in [0, 0.05) is 6.26 Å². The van der Waals surface area contributed by atoms with Crippen molar-refractivity contribution in [3.63, 3.8) is 0 Å². The van der Waals surface area contributed by atoms with Gasteiger partial charge in [0.15, 0.2) is 9.84 Å². The van der Waals surface area contributed by atoms with Crippen LogP contribution in [0.3, 0.4) is 0 Å². The average molecular weight is 364 g/mol. The second-order valence-electron chi connectivity index (χ2n) is 4.24. The van der Waals surface area contributed by atoms with Crippen molar-refractivity contribution in [3.05, 3.63) is 29.8 Å². The quantitative estimate of drug-likeness (QED) is 0.598. The van der Waals surface area contributed by atoms with E-state index in [1.165, 1.54) is 6.26 Å². The Bertz CT molecular complexity index is 647. The Labute approximate surface area is 127 Å². The number of ketones is 2. The van der Waals surface area contributed by atoms with Gasteiger partial charge in [-0.3, -0.25) is 9.59 Å². The second kappa shape index (κ2) is 7.11. The van der Waals surface area contributed by atoms with Crippen LogP contribution in [0.25, 0.3) is 0 Å². The molecule has 1 aromatic rings. The van der Waals surface area contributed by atoms with Crippen molar-refractivity contribution in [2.45, 2.75) is 24.2 Å². The highest BCUT2D eigenvalue weighted by atomic mass is 32.2. The SMILES string of the molecule is Cc1ccc(S(C)(=O)=O)cc1.O=C(C(=O)C(F)(F)F)C(F)(F)F. The normalized spacial score (nSPS) is 12.2. The number of benzene rings is 1. The van der Waals surface area contributed by atoms with E-state index in [-0.39, 0.29) is 0 Å². The minimum atomic E-state index is -5.77. The van der Waals surface area contributed by atoms with Crippen LogP contribution in [-0.2, 0) is 19.4 Å². The van der Waals surface area contributed by atoms with Crippen LogP contribution < -0.4 is 0 Å². The van der Waals surface area contributed by atoms with Gasteiger partial charge in [-0.2, -0.15) is 26.3 Å². The van der Waals surface area contributed by atoms with Crippen molar-refractivity contribution >= 4 is 21.4 Å². The van der Waals surface area contributed by atoms with Crippen molar-refractivity contribution in [1.82, 2.24) is 0 Å². The maximum Gasteiger partial charge on any atom is 0.458 e. The number of Topliss-reactive ketones (excluding diaryl/α,β-unsaturated/α-hetero) is 2. The van der Waals surface area contributed by atoms with Crippen LogP contribution >= 0.6 is 0 Å². The topological polar surface area (TPSA) is 68.3 Å². The average Bonchev–Trinajstić information content (AvgIpc) is 2.35. The van der Waals surface area contributed by atoms with Gasteiger partial charge in [0.2, 0.25) is 0 Å². The van der Waals surface area contributed by atoms with Crippen LogP contribution in [0.5, 0.6) is 0 Å². The molecule has 1 aromatic carbocycles. The Kier molecular flexibility index (Phi) is 6.52. The molecule has 0 aliphatic rings. The van der Waals surface area contributed by atoms with Gasteiger partial charge in [0.1, 0.15) is 0 Å². The zero-order valence-corrected chi connectivity index (χ0v) is 12.4. The number of alkyl halides is 6. The summed E-state index contributed by atoms with van der Waals surface area (Å²) in [4.78, 5) is 19.6. The number of carbonyl (C=O) groups is 2. The fourth-order valence-electron chi connectivity index (χ4n) is 1.04. The van der Waals surface area contributed by atoms with Gasteiger partial charge in [-0.1, -0.05) is 17.7 Å². The van der Waals surface area contributed by atoms with Crippen LogP contribution in [0.1, 0.15) is 5.56 Å². The molecular formula is C12H10F6O4S. The number of hydrogen-bond donors (Lipinski definition) is 0. The van der Waals surface area contributed by atoms with Gasteiger partial charge in [0.25, 0.3) is 0 Å². The first-order valence-electron chi connectivity index (χ1n) is 5.56. The summed E-state index contributed by atoms with van der Waals surface area (Å²) < 4.78 is 88.8. The molecule has 0 saturated heterocycles. The fourth-order valence-corrected chi connectivity index (χ4v) is 1.67. The van der Waals surface area contributed by atoms with Gasteiger partial charge >= 0.3 is 23.9 Å². The molecule has 23 heavy (non-hydrogen) atoms. The van der Waals surface area contributed by atoms with E-state index in [0.717, 1.165) is 5.56 Å². The van der Waals surface area contributed by atoms with Crippen LogP contribution in [0.15, 0.2) is 29.2 Å². The lowest BCUT2D eigenvalue weighted by molar-refractivity contribution is -0.193. The standard InChI is InChI=1S/C8H10O2S.C4F6O2/c1-7-3-5-8(6-4-7)11(2,9)10;5-3(6,7)1(11)2(12)4(8,9)10/h3-6H,1-2H3;. The highest BCUT2D eigenvalue weighted by Crippen LogP contribution is 2.23. The predicted octanol–water partition coefficient (Wildman–Crippen LogP) is 2.65. The molecule has 4 nitrogen and oxygen atoms in total. The molecule has 11 heteroatoms. The minimum absolute atomic E-state index is 0.378. The maximum atomic E-state index is 11.2. The Hall–Kier alpha value is -1.91. The molecule has 0 spiro atoms. The molecule has 130 valence electrons. The first-order chi connectivity index (χ1) is 10.1. The Morgan fingerprint density at radius 2 is 1.13 bits per heavy atom. The van der Waals surface area contributed by atoms with E-state index < -0.39 is 33.8 Å². The summed E-state index contributed by atoms with van der Waals surface area (Å²) in [5.41, 5.74) is 1.07. The van der Waals surface area contributed by atoms with Crippen molar-refractivity contribution in [2.24, 2.45) is 0 Å². The van der Waals surface area contributed by atoms with Gasteiger partial charge in [-0.05, 0) is 19.1 Å². The third-order valence-corrected chi connectivity index (χ3v) is 3.30. The number of sulfone groups is 1. The van der Waals surface area contributed by atoms with Crippen LogP contribution in [-0.4, -0.2) is 38.6 Å². The largest absolute Gasteiger partial charge is 0.458 e. The van der Waals surface area contributed by atoms with Crippen molar-refractivity contribution in [2.75, 3.05) is 6.26 Å². The van der Waals surface area contributed by atoms with E-state index in [1.54, 1.807) is 24.3 Å². The number of hydrogen-bond acceptors (Lipinski definition) is 4. The van der Waals surface area contributed by atoms with E-state index in [2.05, 4.69) is 0 Å². The highest BCUT2D eigenvalue weighted by molar-refractivity contribution is 7.90. The van der Waals surface area contributed by atoms with Crippen LogP contribution in [0.2, 0.25) is 0 Å². The van der Waals surface area contributed by atoms with E-state index in [0.29, 0.717) is 4.90 Å². The second-order valence-corrected chi connectivity index (χ2v) is 6.25. The van der Waals surface area contributed by atoms with E-state index >= 15 is 0 Å². The lowest BCUT2D eigenvalue weighted by atomic mass is 10.2. The molecule has 0 aliphatic carbocycles. The van der Waals surface area contributed by atoms with Gasteiger partial charge in [-0.15, -0.1) is 0 Å². The van der Waals surface area contributed by atoms with Crippen LogP contribution in [0, 0.1) is 6.92 Å². The maximum absolute atomic E-state index is 11.2. The zero-order chi connectivity index (χ0) is 18.6. The minimum Gasteiger partial charge on any atom is -0.280 e. The zero-order valence-electron chi connectivity index (χ0n) is 11.6. The molecule has 0 unspecified atom stereocenters. The number of halogens is 6. The Balaban J connectivity index is 0.000000422. The highest BCUT2D eigenvalue weighted by Gasteiger charge is 2.54. The predicted molar refractivity (Wildman–Crippen MR) is 66.4 cm³/mol. The summed E-state index contributed by atoms with van der Waals surface area (Å²) in [6.07, 6.45) is -10.3. The molecule has 0 saturated carbocycles. The molecule has 0 heterocycles. The van der Waals surface area contributed by atoms with Gasteiger partial charge in [0.05, 0.1) is 4.90 Å². The summed E-state index contributed by atoms with van der Waals surface area (Å²) in [6.45, 7) is 1.92. The molecule has 0 N–H and O–H groups in total. The fraction of sp³-hybridized carbons (Fsp3) is 0.333. The third kappa shape index (κ3) is 7.26. The Morgan fingerprint density at radius 1 is 0.826 bits per heavy atom. The van der Waals surface area contributed by atoms with E-state index in [9.17, 15) is 44.3 Å². The molecule has 0 aromatic heterocycles. The Morgan fingerprint density at radius 3 is 1.35 bits per heavy atom. The summed E-state index contributed by atoms with van der Waals surface area (Å²) in [5, 5.41) is 0. The molecule has 0 amide bonds. The van der Waals surface area contributed by atoms with E-state index in [4.69, 9.17) is 0 Å². The number of aryl methyl sites for hydroxylation is 1. The molecule has 0 fully saturated rings. The summed E-state index contributed by atoms with van der Waals surface area (Å²) in [6, 6.07) is 6.81. The smallest absolute Gasteiger partial charge is 0.280 e. The lowest BCUT2D eigenvalue weighted by Gasteiger charge is -2.05. The molecular weight excluding hydrogens is 354 g/mol. The van der Waals surface area contributed by atoms with Crippen molar-refractivity contribution < 1.29 is 44.3 Å². The molecule has 0 aliphatic heterocycles. The molecule has 1 rings (SSSR count). The van der Waals surface area contributed by atoms with Gasteiger partial charge < -0.3 is 0 Å². The molecule has 0 atom stereocenters. The van der Waals surface area contributed by atoms with Crippen molar-refractivity contribution in [1.29, 1.82) is 0 Å². The van der Waals surface area contributed by atoms with Crippen molar-refractivity contribution in [3.8, 4) is 0 Å². The summed E-state index contributed by atoms with van der Waals surface area (Å²) >= 11 is 0. The van der Waals surface area contributed by atoms with E-state index in [1.807, 2.05) is 6.92 Å². The van der Waals surface area contributed by atoms with Crippen LogP contribution in [0.4, 0.5) is 26.3 Å². The summed E-state index contributed by atoms with van der Waals surface area (Å²) in [5.74, 6) is -6.81. The first kappa shape index (κ1) is 21.1. The monoisotopic (exact) mass is 364 g/mol. The number of rotatable bonds is 2. The summed E-state index contributed by atoms with van der Waals surface area (Å²) in [7, 11) is -3.02. The third-order valence-electron chi connectivity index (χ3n) is 2.17. The first-order valence-corrected chi connectivity index (χ1v) is 7.45. The number of carbonyl (C=O) groups excluding carboxylic acids is 2. The van der Waals surface area contributed by atoms with Gasteiger partial charge in [-0.25, -0.2) is 8.42 Å². The molecule has 0 radical (unpaired) electrons. The lowest BCUT2D eigenvalue weighted by Crippen LogP contribution is -2.39. The molecule has 0 bridgehead atoms.